The molecule has 2 rings (SSSR count). The van der Waals surface area contributed by atoms with Crippen molar-refractivity contribution >= 4 is 11.4 Å². The number of nitrogens with zero attached hydrogens (tertiary/aromatic N) is 2. The van der Waals surface area contributed by atoms with Crippen LogP contribution in [-0.2, 0) is 0 Å². The lowest BCUT2D eigenvalue weighted by molar-refractivity contribution is -2.00. The van der Waals surface area contributed by atoms with Crippen LogP contribution in [0.5, 0.6) is 0 Å². The molecule has 168 valence electrons. The average molecular weight is 451 g/mol. The van der Waals surface area contributed by atoms with Crippen molar-refractivity contribution in [1.82, 2.24) is 0 Å². The highest BCUT2D eigenvalue weighted by Crippen LogP contribution is 2.05. The van der Waals surface area contributed by atoms with Crippen LogP contribution in [-0.4, -0.2) is 46.8 Å². The smallest absolute Gasteiger partial charge is 0.149 e. The van der Waals surface area contributed by atoms with Crippen LogP contribution in [0.4, 0.5) is 0 Å². The van der Waals surface area contributed by atoms with Gasteiger partial charge < -0.3 is 0 Å². The third-order valence-corrected chi connectivity index (χ3v) is 4.28. The zero-order valence-electron chi connectivity index (χ0n) is 17.0. The van der Waals surface area contributed by atoms with Gasteiger partial charge in [-0.3, -0.25) is 0 Å². The van der Waals surface area contributed by atoms with Gasteiger partial charge in [-0.2, -0.15) is 0 Å². The van der Waals surface area contributed by atoms with Crippen molar-refractivity contribution in [1.29, 1.82) is 0 Å². The Balaban J connectivity index is 0. The van der Waals surface area contributed by atoms with E-state index in [0.29, 0.717) is 0 Å². The minimum absolute atomic E-state index is 1.20. The second kappa shape index (κ2) is 15.4. The summed E-state index contributed by atoms with van der Waals surface area (Å²) in [5, 5.41) is 0. The number of rotatable bonds is 2. The summed E-state index contributed by atoms with van der Waals surface area (Å²) < 4.78 is 72.9. The van der Waals surface area contributed by atoms with Crippen LogP contribution >= 0.6 is 0 Å². The summed E-state index contributed by atoms with van der Waals surface area (Å²) >= 11 is 0. The maximum Gasteiger partial charge on any atom is 0.149 e. The summed E-state index contributed by atoms with van der Waals surface area (Å²) in [5.74, 6) is 0. The van der Waals surface area contributed by atoms with E-state index in [1.165, 1.54) is 64.7 Å². The Morgan fingerprint density at radius 3 is 1.00 bits per heavy atom. The van der Waals surface area contributed by atoms with Crippen molar-refractivity contribution in [3.63, 3.8) is 0 Å². The number of hydrogen-bond donors (Lipinski definition) is 0. The molecule has 12 heteroatoms. The van der Waals surface area contributed by atoms with Gasteiger partial charge in [-0.25, -0.2) is 46.4 Å². The van der Waals surface area contributed by atoms with Crippen LogP contribution in [0.25, 0.3) is 0 Å². The first-order valence-electron chi connectivity index (χ1n) is 9.07. The molecule has 2 aliphatic heterocycles. The lowest BCUT2D eigenvalue weighted by atomic mass is 10.1. The predicted molar refractivity (Wildman–Crippen MR) is 80.4 cm³/mol. The van der Waals surface area contributed by atoms with E-state index in [9.17, 15) is 0 Å². The quantitative estimate of drug-likeness (QED) is 0.370. The molecular formula is C16H32Cl2N2O8. The second-order valence-electron chi connectivity index (χ2n) is 6.30. The molecule has 28 heavy (non-hydrogen) atoms. The summed E-state index contributed by atoms with van der Waals surface area (Å²) in [7, 11) is -9.89. The Labute approximate surface area is 171 Å². The summed E-state index contributed by atoms with van der Waals surface area (Å²) in [6.45, 7) is 14.0. The molecule has 0 radical (unpaired) electrons. The molecule has 0 atom stereocenters. The van der Waals surface area contributed by atoms with Gasteiger partial charge in [0, 0.05) is 39.5 Å². The first-order chi connectivity index (χ1) is 12.7. The fourth-order valence-corrected chi connectivity index (χ4v) is 2.92. The van der Waals surface area contributed by atoms with Gasteiger partial charge in [0.1, 0.15) is 37.6 Å². The fourth-order valence-electron chi connectivity index (χ4n) is 2.92. The Hall–Kier alpha value is -0.400. The van der Waals surface area contributed by atoms with Gasteiger partial charge in [-0.15, -0.1) is 20.5 Å². The van der Waals surface area contributed by atoms with Crippen molar-refractivity contribution < 1.29 is 66.9 Å². The van der Waals surface area contributed by atoms with Gasteiger partial charge in [0.25, 0.3) is 0 Å². The van der Waals surface area contributed by atoms with Gasteiger partial charge >= 0.3 is 0 Å². The van der Waals surface area contributed by atoms with Gasteiger partial charge in [-0.1, -0.05) is 0 Å². The molecule has 0 N–H and O–H groups in total. The average Bonchev–Trinajstić information content (AvgIpc) is 2.53. The molecule has 0 fully saturated rings. The van der Waals surface area contributed by atoms with Crippen LogP contribution in [0.1, 0.15) is 66.2 Å². The standard InChI is InChI=1S/2C8H16N.2ClHO4/c2*1-3-9-7-5-4-6-8(9)2;2*2-1(3,4)5/h2*3-7H2,1-2H3;2*(H,2,3,4,5)/q2*+1;;/p-2. The van der Waals surface area contributed by atoms with E-state index in [1.807, 2.05) is 0 Å². The molecule has 0 spiro atoms. The maximum absolute atomic E-state index is 8.49. The molecule has 0 saturated heterocycles. The lowest BCUT2D eigenvalue weighted by Gasteiger charge is -2.17. The Morgan fingerprint density at radius 2 is 0.857 bits per heavy atom. The number of halogens is 2. The van der Waals surface area contributed by atoms with Crippen molar-refractivity contribution in [3.8, 4) is 0 Å². The molecule has 0 aromatic rings. The SMILES string of the molecule is CC[N+]1=C(C)CCCC1.CC[N+]1=C(C)CCCC1.[O-][Cl+3]([O-])([O-])[O-].[O-][Cl+3]([O-])([O-])[O-]. The first-order valence-corrected chi connectivity index (χ1v) is 11.5. The molecule has 0 aliphatic carbocycles. The highest BCUT2D eigenvalue weighted by atomic mass is 35.7. The van der Waals surface area contributed by atoms with E-state index in [1.54, 1.807) is 11.4 Å². The Morgan fingerprint density at radius 1 is 0.607 bits per heavy atom. The zero-order valence-corrected chi connectivity index (χ0v) is 18.5. The van der Waals surface area contributed by atoms with Crippen LogP contribution in [0.3, 0.4) is 0 Å². The topological polar surface area (TPSA) is 190 Å². The van der Waals surface area contributed by atoms with Crippen LogP contribution < -0.4 is 37.3 Å². The molecule has 2 aliphatic rings. The summed E-state index contributed by atoms with van der Waals surface area (Å²) in [5.41, 5.74) is 3.17. The minimum Gasteiger partial charge on any atom is -0.238 e. The molecule has 0 saturated carbocycles. The highest BCUT2D eigenvalue weighted by molar-refractivity contribution is 5.77. The molecule has 0 amide bonds. The van der Waals surface area contributed by atoms with E-state index in [-0.39, 0.29) is 0 Å². The highest BCUT2D eigenvalue weighted by Gasteiger charge is 2.13. The fraction of sp³-hybridized carbons (Fsp3) is 0.875. The predicted octanol–water partition coefficient (Wildman–Crippen LogP) is -6.18. The van der Waals surface area contributed by atoms with Crippen molar-refractivity contribution in [2.75, 3.05) is 26.2 Å². The van der Waals surface area contributed by atoms with E-state index in [2.05, 4.69) is 36.8 Å². The monoisotopic (exact) mass is 450 g/mol. The molecular weight excluding hydrogens is 419 g/mol. The van der Waals surface area contributed by atoms with Crippen molar-refractivity contribution in [3.05, 3.63) is 0 Å². The van der Waals surface area contributed by atoms with Crippen LogP contribution in [0, 0.1) is 20.5 Å². The summed E-state index contributed by atoms with van der Waals surface area (Å²) in [4.78, 5) is 0. The number of hydrogen-bond acceptors (Lipinski definition) is 8. The van der Waals surface area contributed by atoms with Gasteiger partial charge in [0.2, 0.25) is 0 Å². The van der Waals surface area contributed by atoms with E-state index >= 15 is 0 Å². The van der Waals surface area contributed by atoms with E-state index < -0.39 is 20.5 Å². The molecule has 0 aromatic heterocycles. The molecule has 0 unspecified atom stereocenters. The third-order valence-electron chi connectivity index (χ3n) is 4.28. The first kappa shape index (κ1) is 29.8. The van der Waals surface area contributed by atoms with Gasteiger partial charge in [0.15, 0.2) is 0 Å². The molecule has 10 nitrogen and oxygen atoms in total. The Bertz CT molecular complexity index is 432. The third kappa shape index (κ3) is 23.6. The van der Waals surface area contributed by atoms with Crippen molar-refractivity contribution in [2.45, 2.75) is 66.2 Å². The second-order valence-corrected chi connectivity index (χ2v) is 7.81. The Kier molecular flexibility index (Phi) is 16.4. The van der Waals surface area contributed by atoms with Crippen LogP contribution in [0.15, 0.2) is 0 Å². The maximum atomic E-state index is 8.49. The largest absolute Gasteiger partial charge is 0.238 e. The van der Waals surface area contributed by atoms with Gasteiger partial charge in [-0.05, 0) is 26.7 Å². The molecule has 0 aromatic carbocycles. The van der Waals surface area contributed by atoms with E-state index in [4.69, 9.17) is 37.3 Å². The lowest BCUT2D eigenvalue weighted by Crippen LogP contribution is -2.68. The summed E-state index contributed by atoms with van der Waals surface area (Å²) in [6.07, 6.45) is 8.25. The molecule has 0 bridgehead atoms. The normalized spacial score (nSPS) is 17.6. The zero-order chi connectivity index (χ0) is 22.4. The van der Waals surface area contributed by atoms with Crippen LogP contribution in [0.2, 0.25) is 0 Å². The van der Waals surface area contributed by atoms with Gasteiger partial charge in [0.05, 0.1) is 0 Å². The van der Waals surface area contributed by atoms with E-state index in [0.717, 1.165) is 0 Å². The minimum atomic E-state index is -4.94. The molecule has 2 heterocycles. The van der Waals surface area contributed by atoms with Crippen molar-refractivity contribution in [2.24, 2.45) is 0 Å². The summed E-state index contributed by atoms with van der Waals surface area (Å²) in [6, 6.07) is 0.